The van der Waals surface area contributed by atoms with Crippen molar-refractivity contribution in [2.75, 3.05) is 0 Å². The summed E-state index contributed by atoms with van der Waals surface area (Å²) >= 11 is 1.43. The number of aromatic nitrogens is 1. The minimum absolute atomic E-state index is 0.233. The fourth-order valence-electron chi connectivity index (χ4n) is 1.24. The van der Waals surface area contributed by atoms with Crippen LogP contribution in [0.5, 0.6) is 0 Å². The molecule has 0 unspecified atom stereocenters. The standard InChI is InChI=1S/C12H11FN2S/c13-10-2-1-3-11(6-10)16-12-5-4-9(7-14)8-15-12/h1-6,8H,7,14H2. The molecule has 0 bridgehead atoms. The molecule has 1 aromatic heterocycles. The average Bonchev–Trinajstić information content (AvgIpc) is 2.30. The maximum Gasteiger partial charge on any atom is 0.124 e. The summed E-state index contributed by atoms with van der Waals surface area (Å²) in [5.74, 6) is -0.233. The Morgan fingerprint density at radius 1 is 1.25 bits per heavy atom. The third-order valence-corrected chi connectivity index (χ3v) is 2.99. The predicted octanol–water partition coefficient (Wildman–Crippen LogP) is 2.83. The van der Waals surface area contributed by atoms with Crippen LogP contribution in [0.2, 0.25) is 0 Å². The first kappa shape index (κ1) is 11.1. The van der Waals surface area contributed by atoms with E-state index in [4.69, 9.17) is 5.73 Å². The number of halogens is 1. The maximum atomic E-state index is 12.9. The monoisotopic (exact) mass is 234 g/mol. The molecule has 0 amide bonds. The number of rotatable bonds is 3. The fraction of sp³-hybridized carbons (Fsp3) is 0.0833. The molecule has 0 saturated carbocycles. The van der Waals surface area contributed by atoms with Gasteiger partial charge in [0.15, 0.2) is 0 Å². The molecule has 1 heterocycles. The molecule has 1 aromatic carbocycles. The van der Waals surface area contributed by atoms with Gasteiger partial charge in [0.25, 0.3) is 0 Å². The van der Waals surface area contributed by atoms with Crippen LogP contribution in [-0.4, -0.2) is 4.98 Å². The van der Waals surface area contributed by atoms with Gasteiger partial charge in [-0.2, -0.15) is 0 Å². The van der Waals surface area contributed by atoms with Crippen LogP contribution in [0.15, 0.2) is 52.5 Å². The van der Waals surface area contributed by atoms with E-state index in [1.807, 2.05) is 18.2 Å². The Balaban J connectivity index is 2.14. The van der Waals surface area contributed by atoms with Gasteiger partial charge in [-0.3, -0.25) is 0 Å². The normalized spacial score (nSPS) is 10.4. The zero-order valence-corrected chi connectivity index (χ0v) is 9.38. The van der Waals surface area contributed by atoms with E-state index in [-0.39, 0.29) is 5.82 Å². The lowest BCUT2D eigenvalue weighted by Gasteiger charge is -2.01. The molecule has 0 spiro atoms. The van der Waals surface area contributed by atoms with Gasteiger partial charge >= 0.3 is 0 Å². The molecule has 0 saturated heterocycles. The van der Waals surface area contributed by atoms with Crippen LogP contribution in [0.1, 0.15) is 5.56 Å². The highest BCUT2D eigenvalue weighted by Crippen LogP contribution is 2.26. The third kappa shape index (κ3) is 2.81. The average molecular weight is 234 g/mol. The van der Waals surface area contributed by atoms with Crippen molar-refractivity contribution in [2.24, 2.45) is 5.73 Å². The van der Waals surface area contributed by atoms with Gasteiger partial charge in [0, 0.05) is 17.6 Å². The lowest BCUT2D eigenvalue weighted by molar-refractivity contribution is 0.624. The lowest BCUT2D eigenvalue weighted by atomic mass is 10.3. The summed E-state index contributed by atoms with van der Waals surface area (Å²) in [6, 6.07) is 10.3. The highest BCUT2D eigenvalue weighted by molar-refractivity contribution is 7.99. The van der Waals surface area contributed by atoms with E-state index >= 15 is 0 Å². The van der Waals surface area contributed by atoms with E-state index < -0.39 is 0 Å². The Bertz CT molecular complexity index is 471. The van der Waals surface area contributed by atoms with Crippen LogP contribution < -0.4 is 5.73 Å². The zero-order valence-electron chi connectivity index (χ0n) is 8.56. The fourth-order valence-corrected chi connectivity index (χ4v) is 2.04. The Hall–Kier alpha value is -1.39. The van der Waals surface area contributed by atoms with E-state index in [1.165, 1.54) is 23.9 Å². The molecule has 4 heteroatoms. The summed E-state index contributed by atoms with van der Waals surface area (Å²) in [7, 11) is 0. The molecule has 2 N–H and O–H groups in total. The van der Waals surface area contributed by atoms with E-state index in [0.717, 1.165) is 15.5 Å². The van der Waals surface area contributed by atoms with E-state index in [9.17, 15) is 4.39 Å². The Kier molecular flexibility index (Phi) is 3.54. The second-order valence-corrected chi connectivity index (χ2v) is 4.36. The van der Waals surface area contributed by atoms with Crippen molar-refractivity contribution in [2.45, 2.75) is 16.5 Å². The molecular weight excluding hydrogens is 223 g/mol. The first-order valence-corrected chi connectivity index (χ1v) is 5.68. The molecule has 0 radical (unpaired) electrons. The summed E-state index contributed by atoms with van der Waals surface area (Å²) in [4.78, 5) is 5.08. The first-order chi connectivity index (χ1) is 7.78. The molecule has 0 aliphatic carbocycles. The SMILES string of the molecule is NCc1ccc(Sc2cccc(F)c2)nc1. The van der Waals surface area contributed by atoms with Crippen molar-refractivity contribution in [1.82, 2.24) is 4.98 Å². The van der Waals surface area contributed by atoms with Crippen LogP contribution in [-0.2, 0) is 6.54 Å². The van der Waals surface area contributed by atoms with Gasteiger partial charge in [-0.25, -0.2) is 9.37 Å². The molecule has 82 valence electrons. The largest absolute Gasteiger partial charge is 0.326 e. The lowest BCUT2D eigenvalue weighted by Crippen LogP contribution is -1.96. The van der Waals surface area contributed by atoms with Crippen LogP contribution in [0.25, 0.3) is 0 Å². The van der Waals surface area contributed by atoms with Crippen molar-refractivity contribution < 1.29 is 4.39 Å². The van der Waals surface area contributed by atoms with Crippen LogP contribution >= 0.6 is 11.8 Å². The molecule has 2 nitrogen and oxygen atoms in total. The Morgan fingerprint density at radius 2 is 2.12 bits per heavy atom. The molecule has 2 rings (SSSR count). The van der Waals surface area contributed by atoms with Crippen molar-refractivity contribution >= 4 is 11.8 Å². The first-order valence-electron chi connectivity index (χ1n) is 4.86. The molecule has 0 aliphatic rings. The smallest absolute Gasteiger partial charge is 0.124 e. The highest BCUT2D eigenvalue weighted by atomic mass is 32.2. The second kappa shape index (κ2) is 5.09. The van der Waals surface area contributed by atoms with Gasteiger partial charge in [0.05, 0.1) is 0 Å². The van der Waals surface area contributed by atoms with Gasteiger partial charge < -0.3 is 5.73 Å². The predicted molar refractivity (Wildman–Crippen MR) is 62.7 cm³/mol. The summed E-state index contributed by atoms with van der Waals surface area (Å²) in [5, 5.41) is 0.836. The van der Waals surface area contributed by atoms with Crippen molar-refractivity contribution in [1.29, 1.82) is 0 Å². The van der Waals surface area contributed by atoms with E-state index in [1.54, 1.807) is 12.3 Å². The number of pyridine rings is 1. The third-order valence-electron chi connectivity index (χ3n) is 2.05. The number of benzene rings is 1. The van der Waals surface area contributed by atoms with Gasteiger partial charge in [0.2, 0.25) is 0 Å². The van der Waals surface area contributed by atoms with Crippen molar-refractivity contribution in [3.05, 3.63) is 54.0 Å². The van der Waals surface area contributed by atoms with Crippen molar-refractivity contribution in [3.63, 3.8) is 0 Å². The van der Waals surface area contributed by atoms with Crippen molar-refractivity contribution in [3.8, 4) is 0 Å². The van der Waals surface area contributed by atoms with Gasteiger partial charge in [-0.05, 0) is 29.8 Å². The summed E-state index contributed by atoms with van der Waals surface area (Å²) in [6.07, 6.45) is 1.74. The number of hydrogen-bond acceptors (Lipinski definition) is 3. The second-order valence-electron chi connectivity index (χ2n) is 3.27. The van der Waals surface area contributed by atoms with Gasteiger partial charge in [0.1, 0.15) is 10.8 Å². The van der Waals surface area contributed by atoms with E-state index in [0.29, 0.717) is 6.54 Å². The van der Waals surface area contributed by atoms with E-state index in [2.05, 4.69) is 4.98 Å². The minimum atomic E-state index is -0.233. The van der Waals surface area contributed by atoms with Crippen LogP contribution in [0, 0.1) is 5.82 Å². The van der Waals surface area contributed by atoms with Crippen LogP contribution in [0.3, 0.4) is 0 Å². The molecule has 0 atom stereocenters. The summed E-state index contributed by atoms with van der Waals surface area (Å²) < 4.78 is 12.9. The summed E-state index contributed by atoms with van der Waals surface area (Å²) in [5.41, 5.74) is 6.47. The Labute approximate surface area is 97.7 Å². The number of nitrogens with two attached hydrogens (primary N) is 1. The molecule has 0 aliphatic heterocycles. The zero-order chi connectivity index (χ0) is 11.4. The quantitative estimate of drug-likeness (QED) is 0.887. The summed E-state index contributed by atoms with van der Waals surface area (Å²) in [6.45, 7) is 0.484. The highest BCUT2D eigenvalue weighted by Gasteiger charge is 2.00. The number of hydrogen-bond donors (Lipinski definition) is 1. The molecule has 0 fully saturated rings. The topological polar surface area (TPSA) is 38.9 Å². The maximum absolute atomic E-state index is 12.9. The van der Waals surface area contributed by atoms with Gasteiger partial charge in [-0.15, -0.1) is 0 Å². The van der Waals surface area contributed by atoms with Gasteiger partial charge in [-0.1, -0.05) is 23.9 Å². The molecule has 2 aromatic rings. The minimum Gasteiger partial charge on any atom is -0.326 e. The Morgan fingerprint density at radius 3 is 2.75 bits per heavy atom. The molecule has 16 heavy (non-hydrogen) atoms. The van der Waals surface area contributed by atoms with Crippen LogP contribution in [0.4, 0.5) is 4.39 Å². The molecular formula is C12H11FN2S. The number of nitrogens with zero attached hydrogens (tertiary/aromatic N) is 1.